The van der Waals surface area contributed by atoms with E-state index in [-0.39, 0.29) is 5.41 Å². The molecular weight excluding hydrogens is 346 g/mol. The Labute approximate surface area is 160 Å². The van der Waals surface area contributed by atoms with E-state index in [1.54, 1.807) is 14.2 Å². The van der Waals surface area contributed by atoms with E-state index in [1.165, 1.54) is 29.5 Å². The molecule has 1 aliphatic carbocycles. The average molecular weight is 372 g/mol. The lowest BCUT2D eigenvalue weighted by atomic mass is 9.96. The number of aliphatic imine (C=N–C) groups is 1. The Hall–Kier alpha value is -2.04. The molecule has 4 nitrogen and oxygen atoms in total. The number of nitrogens with one attached hydrogen (secondary N) is 2. The van der Waals surface area contributed by atoms with Gasteiger partial charge in [-0.1, -0.05) is 48.0 Å². The number of rotatable bonds is 7. The first kappa shape index (κ1) is 18.7. The van der Waals surface area contributed by atoms with Crippen LogP contribution in [0.4, 0.5) is 0 Å². The first-order valence-electron chi connectivity index (χ1n) is 8.93. The second-order valence-electron chi connectivity index (χ2n) is 6.77. The number of nitrogens with zero attached hydrogens (tertiary/aromatic N) is 1. The molecule has 0 radical (unpaired) electrons. The van der Waals surface area contributed by atoms with E-state index in [9.17, 15) is 0 Å². The van der Waals surface area contributed by atoms with Gasteiger partial charge in [0.1, 0.15) is 0 Å². The zero-order chi connectivity index (χ0) is 18.4. The van der Waals surface area contributed by atoms with Crippen LogP contribution in [-0.2, 0) is 23.3 Å². The van der Waals surface area contributed by atoms with Crippen molar-refractivity contribution in [3.8, 4) is 0 Å². The maximum atomic E-state index is 6.16. The zero-order valence-corrected chi connectivity index (χ0v) is 16.1. The van der Waals surface area contributed by atoms with Crippen molar-refractivity contribution in [3.05, 3.63) is 70.2 Å². The van der Waals surface area contributed by atoms with Gasteiger partial charge in [-0.3, -0.25) is 4.99 Å². The summed E-state index contributed by atoms with van der Waals surface area (Å²) in [6.07, 6.45) is 2.35. The lowest BCUT2D eigenvalue weighted by Crippen LogP contribution is -2.41. The monoisotopic (exact) mass is 371 g/mol. The van der Waals surface area contributed by atoms with Gasteiger partial charge in [-0.25, -0.2) is 0 Å². The fourth-order valence-corrected chi connectivity index (χ4v) is 3.41. The van der Waals surface area contributed by atoms with Gasteiger partial charge in [0.05, 0.1) is 6.61 Å². The topological polar surface area (TPSA) is 45.7 Å². The molecular formula is C21H26ClN3O. The van der Waals surface area contributed by atoms with E-state index in [0.717, 1.165) is 17.5 Å². The predicted molar refractivity (Wildman–Crippen MR) is 108 cm³/mol. The van der Waals surface area contributed by atoms with Gasteiger partial charge in [-0.15, -0.1) is 0 Å². The molecule has 1 saturated carbocycles. The smallest absolute Gasteiger partial charge is 0.191 e. The Kier molecular flexibility index (Phi) is 6.17. The molecule has 1 fully saturated rings. The SMILES string of the molecule is CN=C(NCc1ccccc1COC)NCC1(c2cccc(Cl)c2)CC1. The zero-order valence-electron chi connectivity index (χ0n) is 15.4. The van der Waals surface area contributed by atoms with Crippen LogP contribution in [0.25, 0.3) is 0 Å². The van der Waals surface area contributed by atoms with Crippen molar-refractivity contribution in [3.63, 3.8) is 0 Å². The summed E-state index contributed by atoms with van der Waals surface area (Å²) in [4.78, 5) is 4.36. The number of methoxy groups -OCH3 is 1. The molecule has 0 amide bonds. The number of hydrogen-bond acceptors (Lipinski definition) is 2. The molecule has 26 heavy (non-hydrogen) atoms. The summed E-state index contributed by atoms with van der Waals surface area (Å²) < 4.78 is 5.28. The van der Waals surface area contributed by atoms with Gasteiger partial charge in [-0.2, -0.15) is 0 Å². The van der Waals surface area contributed by atoms with Gasteiger partial charge in [-0.05, 0) is 41.7 Å². The summed E-state index contributed by atoms with van der Waals surface area (Å²) >= 11 is 6.16. The first-order chi connectivity index (χ1) is 12.7. The summed E-state index contributed by atoms with van der Waals surface area (Å²) in [6, 6.07) is 16.5. The molecule has 0 atom stereocenters. The number of benzene rings is 2. The summed E-state index contributed by atoms with van der Waals surface area (Å²) in [5.41, 5.74) is 3.89. The largest absolute Gasteiger partial charge is 0.380 e. The standard InChI is InChI=1S/C21H26ClN3O/c1-23-20(24-13-16-6-3-4-7-17(16)14-26-2)25-15-21(10-11-21)18-8-5-9-19(22)12-18/h3-9,12H,10-11,13-15H2,1-2H3,(H2,23,24,25). The summed E-state index contributed by atoms with van der Waals surface area (Å²) in [7, 11) is 3.52. The Morgan fingerprint density at radius 2 is 1.88 bits per heavy atom. The molecule has 0 heterocycles. The van der Waals surface area contributed by atoms with Crippen LogP contribution in [0.15, 0.2) is 53.5 Å². The maximum absolute atomic E-state index is 6.16. The molecule has 0 saturated heterocycles. The lowest BCUT2D eigenvalue weighted by molar-refractivity contribution is 0.184. The Morgan fingerprint density at radius 1 is 1.12 bits per heavy atom. The van der Waals surface area contributed by atoms with Crippen molar-refractivity contribution in [2.45, 2.75) is 31.4 Å². The van der Waals surface area contributed by atoms with E-state index < -0.39 is 0 Å². The number of halogens is 1. The number of guanidine groups is 1. The molecule has 5 heteroatoms. The van der Waals surface area contributed by atoms with Crippen LogP contribution >= 0.6 is 11.6 Å². The number of hydrogen-bond donors (Lipinski definition) is 2. The van der Waals surface area contributed by atoms with Crippen LogP contribution in [-0.4, -0.2) is 26.7 Å². The van der Waals surface area contributed by atoms with Crippen LogP contribution in [0.5, 0.6) is 0 Å². The minimum atomic E-state index is 0.177. The van der Waals surface area contributed by atoms with Crippen molar-refractivity contribution in [2.75, 3.05) is 20.7 Å². The normalized spacial score (nSPS) is 15.6. The Balaban J connectivity index is 1.58. The molecule has 0 unspecified atom stereocenters. The van der Waals surface area contributed by atoms with E-state index in [0.29, 0.717) is 13.2 Å². The number of ether oxygens (including phenoxy) is 1. The van der Waals surface area contributed by atoms with Crippen molar-refractivity contribution >= 4 is 17.6 Å². The van der Waals surface area contributed by atoms with Gasteiger partial charge in [0.25, 0.3) is 0 Å². The second-order valence-corrected chi connectivity index (χ2v) is 7.21. The Bertz CT molecular complexity index is 771. The van der Waals surface area contributed by atoms with Crippen molar-refractivity contribution in [1.82, 2.24) is 10.6 Å². The van der Waals surface area contributed by atoms with Crippen LogP contribution in [0, 0.1) is 0 Å². The van der Waals surface area contributed by atoms with Crippen molar-refractivity contribution < 1.29 is 4.74 Å². The highest BCUT2D eigenvalue weighted by atomic mass is 35.5. The molecule has 2 aromatic rings. The third kappa shape index (κ3) is 4.57. The fourth-order valence-electron chi connectivity index (χ4n) is 3.22. The molecule has 2 aromatic carbocycles. The van der Waals surface area contributed by atoms with Crippen LogP contribution < -0.4 is 10.6 Å². The molecule has 1 aliphatic rings. The quantitative estimate of drug-likeness (QED) is 0.573. The highest BCUT2D eigenvalue weighted by Gasteiger charge is 2.44. The van der Waals surface area contributed by atoms with Crippen LogP contribution in [0.2, 0.25) is 5.02 Å². The molecule has 2 N–H and O–H groups in total. The van der Waals surface area contributed by atoms with Gasteiger partial charge < -0.3 is 15.4 Å². The minimum Gasteiger partial charge on any atom is -0.380 e. The summed E-state index contributed by atoms with van der Waals surface area (Å²) in [6.45, 7) is 2.18. The second kappa shape index (κ2) is 8.56. The van der Waals surface area contributed by atoms with Gasteiger partial charge in [0.2, 0.25) is 0 Å². The Morgan fingerprint density at radius 3 is 2.54 bits per heavy atom. The third-order valence-electron chi connectivity index (χ3n) is 4.97. The summed E-state index contributed by atoms with van der Waals surface area (Å²) in [5, 5.41) is 7.68. The fraction of sp³-hybridized carbons (Fsp3) is 0.381. The molecule has 3 rings (SSSR count). The van der Waals surface area contributed by atoms with Crippen molar-refractivity contribution in [1.29, 1.82) is 0 Å². The van der Waals surface area contributed by atoms with Gasteiger partial charge in [0.15, 0.2) is 5.96 Å². The van der Waals surface area contributed by atoms with E-state index in [1.807, 2.05) is 24.3 Å². The predicted octanol–water partition coefficient (Wildman–Crippen LogP) is 3.88. The molecule has 138 valence electrons. The van der Waals surface area contributed by atoms with Crippen LogP contribution in [0.3, 0.4) is 0 Å². The molecule has 0 bridgehead atoms. The average Bonchev–Trinajstić information content (AvgIpc) is 3.44. The third-order valence-corrected chi connectivity index (χ3v) is 5.21. The van der Waals surface area contributed by atoms with Crippen LogP contribution in [0.1, 0.15) is 29.5 Å². The molecule has 0 aromatic heterocycles. The summed E-state index contributed by atoms with van der Waals surface area (Å²) in [5.74, 6) is 0.811. The molecule has 0 aliphatic heterocycles. The van der Waals surface area contributed by atoms with Crippen molar-refractivity contribution in [2.24, 2.45) is 4.99 Å². The van der Waals surface area contributed by atoms with E-state index in [2.05, 4.69) is 39.9 Å². The highest BCUT2D eigenvalue weighted by molar-refractivity contribution is 6.30. The van der Waals surface area contributed by atoms with E-state index >= 15 is 0 Å². The highest BCUT2D eigenvalue weighted by Crippen LogP contribution is 2.48. The maximum Gasteiger partial charge on any atom is 0.191 e. The lowest BCUT2D eigenvalue weighted by Gasteiger charge is -2.20. The van der Waals surface area contributed by atoms with Gasteiger partial charge in [0, 0.05) is 37.7 Å². The minimum absolute atomic E-state index is 0.177. The van der Waals surface area contributed by atoms with E-state index in [4.69, 9.17) is 16.3 Å². The first-order valence-corrected chi connectivity index (χ1v) is 9.31. The molecule has 0 spiro atoms. The van der Waals surface area contributed by atoms with Gasteiger partial charge >= 0.3 is 0 Å².